The lowest BCUT2D eigenvalue weighted by Crippen LogP contribution is -2.34. The molecule has 0 aromatic heterocycles. The summed E-state index contributed by atoms with van der Waals surface area (Å²) >= 11 is 5.91. The third-order valence-electron chi connectivity index (χ3n) is 5.06. The molecule has 28 heavy (non-hydrogen) atoms. The highest BCUT2D eigenvalue weighted by molar-refractivity contribution is 6.30. The number of amides is 2. The molecule has 2 atom stereocenters. The van der Waals surface area contributed by atoms with Crippen LogP contribution in [0.2, 0.25) is 5.02 Å². The van der Waals surface area contributed by atoms with E-state index in [2.05, 4.69) is 5.32 Å². The Hall–Kier alpha value is -2.73. The zero-order valence-corrected chi connectivity index (χ0v) is 16.2. The fourth-order valence-corrected chi connectivity index (χ4v) is 3.62. The fourth-order valence-electron chi connectivity index (χ4n) is 3.50. The van der Waals surface area contributed by atoms with Gasteiger partial charge in [0.2, 0.25) is 11.8 Å². The molecule has 2 amide bonds. The Morgan fingerprint density at radius 3 is 2.61 bits per heavy atom. The molecule has 0 saturated carbocycles. The van der Waals surface area contributed by atoms with E-state index < -0.39 is 5.92 Å². The van der Waals surface area contributed by atoms with Crippen LogP contribution in [0.15, 0.2) is 42.5 Å². The minimum absolute atomic E-state index is 0.0732. The van der Waals surface area contributed by atoms with Crippen LogP contribution in [0, 0.1) is 5.92 Å². The average molecular weight is 401 g/mol. The second-order valence-corrected chi connectivity index (χ2v) is 7.45. The van der Waals surface area contributed by atoms with Gasteiger partial charge in [0.15, 0.2) is 11.5 Å². The van der Waals surface area contributed by atoms with E-state index in [0.717, 1.165) is 11.3 Å². The largest absolute Gasteiger partial charge is 0.486 e. The lowest BCUT2D eigenvalue weighted by atomic mass is 10.1. The van der Waals surface area contributed by atoms with Crippen LogP contribution in [0.3, 0.4) is 0 Å². The molecular formula is C21H21ClN2O4. The molecule has 146 valence electrons. The van der Waals surface area contributed by atoms with Gasteiger partial charge in [0.05, 0.1) is 12.0 Å². The second-order valence-electron chi connectivity index (χ2n) is 7.02. The smallest absolute Gasteiger partial charge is 0.227 e. The summed E-state index contributed by atoms with van der Waals surface area (Å²) in [4.78, 5) is 26.8. The van der Waals surface area contributed by atoms with Gasteiger partial charge < -0.3 is 19.7 Å². The van der Waals surface area contributed by atoms with Crippen molar-refractivity contribution in [2.75, 3.05) is 24.7 Å². The Morgan fingerprint density at radius 2 is 1.86 bits per heavy atom. The van der Waals surface area contributed by atoms with Crippen molar-refractivity contribution in [3.05, 3.63) is 53.1 Å². The maximum absolute atomic E-state index is 12.7. The van der Waals surface area contributed by atoms with Gasteiger partial charge in [0.1, 0.15) is 13.2 Å². The SMILES string of the molecule is C[C@H](NC(=O)[C@@H]1CC(=O)N(c2ccc3c(c2)OCCO3)C1)c1ccc(Cl)cc1. The molecule has 1 N–H and O–H groups in total. The van der Waals surface area contributed by atoms with Crippen LogP contribution in [-0.4, -0.2) is 31.6 Å². The third-order valence-corrected chi connectivity index (χ3v) is 5.31. The predicted molar refractivity (Wildman–Crippen MR) is 106 cm³/mol. The number of ether oxygens (including phenoxy) is 2. The van der Waals surface area contributed by atoms with Gasteiger partial charge in [0.25, 0.3) is 0 Å². The normalized spacial score (nSPS) is 19.4. The molecule has 0 radical (unpaired) electrons. The molecule has 2 aromatic carbocycles. The maximum atomic E-state index is 12.7. The van der Waals surface area contributed by atoms with Crippen LogP contribution in [0.5, 0.6) is 11.5 Å². The first kappa shape index (κ1) is 18.6. The predicted octanol–water partition coefficient (Wildman–Crippen LogP) is 3.34. The molecule has 2 aliphatic heterocycles. The lowest BCUT2D eigenvalue weighted by Gasteiger charge is -2.22. The Morgan fingerprint density at radius 1 is 1.14 bits per heavy atom. The van der Waals surface area contributed by atoms with Crippen molar-refractivity contribution >= 4 is 29.1 Å². The fraction of sp³-hybridized carbons (Fsp3) is 0.333. The van der Waals surface area contributed by atoms with Crippen LogP contribution >= 0.6 is 11.6 Å². The molecule has 1 fully saturated rings. The van der Waals surface area contributed by atoms with Gasteiger partial charge in [-0.05, 0) is 36.8 Å². The quantitative estimate of drug-likeness (QED) is 0.854. The number of nitrogens with zero attached hydrogens (tertiary/aromatic N) is 1. The first-order valence-corrected chi connectivity index (χ1v) is 9.65. The van der Waals surface area contributed by atoms with E-state index in [-0.39, 0.29) is 24.3 Å². The van der Waals surface area contributed by atoms with Gasteiger partial charge in [-0.25, -0.2) is 0 Å². The summed E-state index contributed by atoms with van der Waals surface area (Å²) in [5.41, 5.74) is 1.68. The monoisotopic (exact) mass is 400 g/mol. The number of hydrogen-bond donors (Lipinski definition) is 1. The average Bonchev–Trinajstić information content (AvgIpc) is 3.10. The highest BCUT2D eigenvalue weighted by Crippen LogP contribution is 2.36. The standard InChI is InChI=1S/C21H21ClN2O4/c1-13(14-2-4-16(22)5-3-14)23-21(26)15-10-20(25)24(12-15)17-6-7-18-19(11-17)28-9-8-27-18/h2-7,11,13,15H,8-10,12H2,1H3,(H,23,26)/t13-,15+/m0/s1. The number of nitrogens with one attached hydrogen (secondary N) is 1. The number of carbonyl (C=O) groups is 2. The van der Waals surface area contributed by atoms with Crippen molar-refractivity contribution in [2.45, 2.75) is 19.4 Å². The first-order valence-electron chi connectivity index (χ1n) is 9.27. The molecule has 7 heteroatoms. The number of fused-ring (bicyclic) bond motifs is 1. The molecule has 2 heterocycles. The Labute approximate surface area is 168 Å². The van der Waals surface area contributed by atoms with Gasteiger partial charge >= 0.3 is 0 Å². The van der Waals surface area contributed by atoms with Crippen molar-refractivity contribution in [3.63, 3.8) is 0 Å². The topological polar surface area (TPSA) is 67.9 Å². The summed E-state index contributed by atoms with van der Waals surface area (Å²) in [5, 5.41) is 3.65. The van der Waals surface area contributed by atoms with Crippen LogP contribution < -0.4 is 19.7 Å². The summed E-state index contributed by atoms with van der Waals surface area (Å²) in [6.45, 7) is 3.26. The van der Waals surface area contributed by atoms with Crippen molar-refractivity contribution in [3.8, 4) is 11.5 Å². The maximum Gasteiger partial charge on any atom is 0.227 e. The summed E-state index contributed by atoms with van der Waals surface area (Å²) in [5.74, 6) is 0.704. The minimum atomic E-state index is -0.393. The van der Waals surface area contributed by atoms with E-state index in [1.165, 1.54) is 0 Å². The number of carbonyl (C=O) groups excluding carboxylic acids is 2. The van der Waals surface area contributed by atoms with Crippen LogP contribution in [-0.2, 0) is 9.59 Å². The Bertz CT molecular complexity index is 900. The molecule has 0 bridgehead atoms. The summed E-state index contributed by atoms with van der Waals surface area (Å²) < 4.78 is 11.1. The summed E-state index contributed by atoms with van der Waals surface area (Å²) in [6.07, 6.45) is 0.188. The van der Waals surface area contributed by atoms with E-state index in [9.17, 15) is 9.59 Å². The molecule has 0 spiro atoms. The van der Waals surface area contributed by atoms with Crippen molar-refractivity contribution < 1.29 is 19.1 Å². The van der Waals surface area contributed by atoms with Crippen LogP contribution in [0.4, 0.5) is 5.69 Å². The van der Waals surface area contributed by atoms with Gasteiger partial charge in [-0.2, -0.15) is 0 Å². The lowest BCUT2D eigenvalue weighted by molar-refractivity contribution is -0.126. The van der Waals surface area contributed by atoms with E-state index in [0.29, 0.717) is 36.3 Å². The van der Waals surface area contributed by atoms with Crippen LogP contribution in [0.25, 0.3) is 0 Å². The molecule has 0 unspecified atom stereocenters. The van der Waals surface area contributed by atoms with E-state index in [1.54, 1.807) is 29.2 Å². The van der Waals surface area contributed by atoms with E-state index >= 15 is 0 Å². The Balaban J connectivity index is 1.42. The molecular weight excluding hydrogens is 380 g/mol. The highest BCUT2D eigenvalue weighted by atomic mass is 35.5. The summed E-state index contributed by atoms with van der Waals surface area (Å²) in [7, 11) is 0. The molecule has 6 nitrogen and oxygen atoms in total. The highest BCUT2D eigenvalue weighted by Gasteiger charge is 2.36. The number of hydrogen-bond acceptors (Lipinski definition) is 4. The Kier molecular flexibility index (Phi) is 5.13. The van der Waals surface area contributed by atoms with E-state index in [4.69, 9.17) is 21.1 Å². The first-order chi connectivity index (χ1) is 13.5. The third kappa shape index (κ3) is 3.78. The number of halogens is 1. The number of anilines is 1. The molecule has 1 saturated heterocycles. The number of rotatable bonds is 4. The van der Waals surface area contributed by atoms with Crippen molar-refractivity contribution in [1.82, 2.24) is 5.32 Å². The van der Waals surface area contributed by atoms with Gasteiger partial charge in [0, 0.05) is 29.7 Å². The van der Waals surface area contributed by atoms with Gasteiger partial charge in [-0.15, -0.1) is 0 Å². The van der Waals surface area contributed by atoms with Gasteiger partial charge in [-0.1, -0.05) is 23.7 Å². The summed E-state index contributed by atoms with van der Waals surface area (Å²) in [6, 6.07) is 12.6. The zero-order valence-electron chi connectivity index (χ0n) is 15.5. The second kappa shape index (κ2) is 7.72. The van der Waals surface area contributed by atoms with Gasteiger partial charge in [-0.3, -0.25) is 9.59 Å². The molecule has 4 rings (SSSR count). The van der Waals surface area contributed by atoms with E-state index in [1.807, 2.05) is 25.1 Å². The molecule has 2 aliphatic rings. The minimum Gasteiger partial charge on any atom is -0.486 e. The van der Waals surface area contributed by atoms with Crippen LogP contribution in [0.1, 0.15) is 24.9 Å². The zero-order chi connectivity index (χ0) is 19.7. The van der Waals surface area contributed by atoms with Crippen molar-refractivity contribution in [2.24, 2.45) is 5.92 Å². The number of benzene rings is 2. The van der Waals surface area contributed by atoms with Crippen molar-refractivity contribution in [1.29, 1.82) is 0 Å². The molecule has 2 aromatic rings. The molecule has 0 aliphatic carbocycles.